The van der Waals surface area contributed by atoms with Crippen LogP contribution >= 0.6 is 0 Å². The smallest absolute Gasteiger partial charge is 0.143 e. The van der Waals surface area contributed by atoms with Crippen LogP contribution in [0, 0.1) is 0 Å². The summed E-state index contributed by atoms with van der Waals surface area (Å²) in [5, 5.41) is 19.2. The highest BCUT2D eigenvalue weighted by Gasteiger charge is 2.48. The maximum absolute atomic E-state index is 9.66. The van der Waals surface area contributed by atoms with Crippen molar-refractivity contribution in [1.29, 1.82) is 0 Å². The fraction of sp³-hybridized carbons (Fsp3) is 1.00. The molecule has 4 atom stereocenters. The molecule has 3 nitrogen and oxygen atoms in total. The molecule has 1 fully saturated rings. The highest BCUT2D eigenvalue weighted by molar-refractivity contribution is 6.12. The van der Waals surface area contributed by atoms with Crippen LogP contribution in [0.2, 0.25) is 0 Å². The molecule has 1 unspecified atom stereocenters. The van der Waals surface area contributed by atoms with E-state index in [4.69, 9.17) is 4.74 Å². The lowest BCUT2D eigenvalue weighted by Crippen LogP contribution is -2.45. The molecule has 0 saturated carbocycles. The van der Waals surface area contributed by atoms with Crippen molar-refractivity contribution < 1.29 is 14.9 Å². The average molecular weight is 158 g/mol. The molecular weight excluding hydrogens is 143 g/mol. The van der Waals surface area contributed by atoms with Crippen molar-refractivity contribution in [3.8, 4) is 0 Å². The largest absolute Gasteiger partial charge is 0.387 e. The van der Waals surface area contributed by atoms with Crippen LogP contribution in [0.15, 0.2) is 0 Å². The summed E-state index contributed by atoms with van der Waals surface area (Å²) in [4.78, 5) is 0. The Morgan fingerprint density at radius 1 is 1.64 bits per heavy atom. The highest BCUT2D eigenvalue weighted by atomic mass is 16.5. The molecule has 0 bridgehead atoms. The van der Waals surface area contributed by atoms with E-state index in [1.54, 1.807) is 14.8 Å². The third-order valence-corrected chi connectivity index (χ3v) is 2.56. The van der Waals surface area contributed by atoms with Crippen molar-refractivity contribution >= 4 is 7.85 Å². The fourth-order valence-electron chi connectivity index (χ4n) is 1.41. The third kappa shape index (κ3) is 1.30. The molecule has 0 radical (unpaired) electrons. The summed E-state index contributed by atoms with van der Waals surface area (Å²) in [7, 11) is 1.78. The Kier molecular flexibility index (Phi) is 2.28. The van der Waals surface area contributed by atoms with Crippen molar-refractivity contribution in [2.45, 2.75) is 44.1 Å². The lowest BCUT2D eigenvalue weighted by molar-refractivity contribution is -0.0425. The molecule has 0 amide bonds. The van der Waals surface area contributed by atoms with Crippen molar-refractivity contribution in [3.05, 3.63) is 0 Å². The van der Waals surface area contributed by atoms with Gasteiger partial charge in [0.1, 0.15) is 19.6 Å². The van der Waals surface area contributed by atoms with Gasteiger partial charge in [0.2, 0.25) is 0 Å². The first kappa shape index (κ1) is 9.04. The summed E-state index contributed by atoms with van der Waals surface area (Å²) < 4.78 is 5.34. The number of hydrogen-bond acceptors (Lipinski definition) is 3. The summed E-state index contributed by atoms with van der Waals surface area (Å²) in [6.07, 6.45) is -0.218. The van der Waals surface area contributed by atoms with Gasteiger partial charge < -0.3 is 14.9 Å². The molecule has 11 heavy (non-hydrogen) atoms. The van der Waals surface area contributed by atoms with Crippen LogP contribution in [-0.4, -0.2) is 41.9 Å². The lowest BCUT2D eigenvalue weighted by atomic mass is 9.82. The van der Waals surface area contributed by atoms with E-state index in [2.05, 4.69) is 0 Å². The summed E-state index contributed by atoms with van der Waals surface area (Å²) in [6.45, 7) is 3.54. The van der Waals surface area contributed by atoms with Gasteiger partial charge in [-0.1, -0.05) is 6.92 Å². The highest BCUT2D eigenvalue weighted by Crippen LogP contribution is 2.30. The van der Waals surface area contributed by atoms with Gasteiger partial charge in [0.15, 0.2) is 0 Å². The van der Waals surface area contributed by atoms with Gasteiger partial charge in [0, 0.05) is 0 Å². The van der Waals surface area contributed by atoms with Gasteiger partial charge >= 0.3 is 0 Å². The molecule has 1 aliphatic rings. The van der Waals surface area contributed by atoms with E-state index in [1.165, 1.54) is 0 Å². The SMILES string of the molecule is BC1O[C@H](CC)[C@@H](O)[C@@]1(C)O. The minimum absolute atomic E-state index is 0.208. The lowest BCUT2D eigenvalue weighted by Gasteiger charge is -2.24. The predicted octanol–water partition coefficient (Wildman–Crippen LogP) is -1.13. The quantitative estimate of drug-likeness (QED) is 0.474. The first-order valence-corrected chi connectivity index (χ1v) is 4.06. The molecule has 4 heteroatoms. The Morgan fingerprint density at radius 3 is 2.36 bits per heavy atom. The standard InChI is InChI=1S/C7H15BO3/c1-3-4-5(9)7(2,10)6(8)11-4/h4-6,9-10H,3,8H2,1-2H3/t4-,5-,6?,7-/m1/s1. The van der Waals surface area contributed by atoms with E-state index < -0.39 is 11.7 Å². The molecule has 0 spiro atoms. The van der Waals surface area contributed by atoms with Crippen LogP contribution in [0.3, 0.4) is 0 Å². The van der Waals surface area contributed by atoms with Crippen LogP contribution in [0.25, 0.3) is 0 Å². The monoisotopic (exact) mass is 158 g/mol. The van der Waals surface area contributed by atoms with Crippen molar-refractivity contribution in [1.82, 2.24) is 0 Å². The normalized spacial score (nSPS) is 51.5. The zero-order chi connectivity index (χ0) is 8.65. The van der Waals surface area contributed by atoms with Gasteiger partial charge in [-0.3, -0.25) is 0 Å². The average Bonchev–Trinajstić information content (AvgIpc) is 2.14. The molecule has 1 heterocycles. The van der Waals surface area contributed by atoms with Gasteiger partial charge in [-0.25, -0.2) is 0 Å². The molecule has 1 rings (SSSR count). The van der Waals surface area contributed by atoms with Gasteiger partial charge in [0.25, 0.3) is 0 Å². The number of hydrogen-bond donors (Lipinski definition) is 2. The first-order chi connectivity index (χ1) is 5.00. The second-order valence-electron chi connectivity index (χ2n) is 3.40. The molecule has 0 aromatic carbocycles. The fourth-order valence-corrected chi connectivity index (χ4v) is 1.41. The van der Waals surface area contributed by atoms with E-state index in [1.807, 2.05) is 6.92 Å². The van der Waals surface area contributed by atoms with E-state index in [-0.39, 0.29) is 12.1 Å². The molecule has 0 aromatic heterocycles. The van der Waals surface area contributed by atoms with Gasteiger partial charge in [-0.2, -0.15) is 0 Å². The summed E-state index contributed by atoms with van der Waals surface area (Å²) in [6, 6.07) is -0.276. The van der Waals surface area contributed by atoms with E-state index in [0.717, 1.165) is 6.42 Å². The van der Waals surface area contributed by atoms with Crippen LogP contribution in [-0.2, 0) is 4.74 Å². The molecule has 1 saturated heterocycles. The Bertz CT molecular complexity index is 149. The number of ether oxygens (including phenoxy) is 1. The first-order valence-electron chi connectivity index (χ1n) is 4.06. The molecule has 0 aromatic rings. The van der Waals surface area contributed by atoms with Gasteiger partial charge in [0.05, 0.1) is 12.1 Å². The molecule has 2 N–H and O–H groups in total. The zero-order valence-corrected chi connectivity index (χ0v) is 7.24. The summed E-state index contributed by atoms with van der Waals surface area (Å²) in [5.41, 5.74) is -1.08. The van der Waals surface area contributed by atoms with Crippen LogP contribution in [0.5, 0.6) is 0 Å². The molecule has 0 aliphatic carbocycles. The van der Waals surface area contributed by atoms with Crippen molar-refractivity contribution in [3.63, 3.8) is 0 Å². The molecular formula is C7H15BO3. The van der Waals surface area contributed by atoms with E-state index in [9.17, 15) is 10.2 Å². The maximum atomic E-state index is 9.66. The maximum Gasteiger partial charge on any atom is 0.143 e. The predicted molar refractivity (Wildman–Crippen MR) is 44.1 cm³/mol. The third-order valence-electron chi connectivity index (χ3n) is 2.56. The number of rotatable bonds is 1. The van der Waals surface area contributed by atoms with Crippen LogP contribution in [0.1, 0.15) is 20.3 Å². The van der Waals surface area contributed by atoms with Gasteiger partial charge in [-0.05, 0) is 13.3 Å². The zero-order valence-electron chi connectivity index (χ0n) is 7.24. The van der Waals surface area contributed by atoms with Crippen molar-refractivity contribution in [2.75, 3.05) is 0 Å². The van der Waals surface area contributed by atoms with Gasteiger partial charge in [-0.15, -0.1) is 0 Å². The van der Waals surface area contributed by atoms with Crippen LogP contribution in [0.4, 0.5) is 0 Å². The minimum atomic E-state index is -1.08. The van der Waals surface area contributed by atoms with E-state index >= 15 is 0 Å². The molecule has 1 aliphatic heterocycles. The second-order valence-corrected chi connectivity index (χ2v) is 3.40. The Hall–Kier alpha value is -0.0551. The second kappa shape index (κ2) is 2.77. The Labute approximate surface area is 67.8 Å². The van der Waals surface area contributed by atoms with Crippen molar-refractivity contribution in [2.24, 2.45) is 0 Å². The Balaban J connectivity index is 2.71. The summed E-state index contributed by atoms with van der Waals surface area (Å²) in [5.74, 6) is 0. The molecule has 64 valence electrons. The Morgan fingerprint density at radius 2 is 2.18 bits per heavy atom. The van der Waals surface area contributed by atoms with E-state index in [0.29, 0.717) is 0 Å². The summed E-state index contributed by atoms with van der Waals surface area (Å²) >= 11 is 0. The topological polar surface area (TPSA) is 49.7 Å². The minimum Gasteiger partial charge on any atom is -0.387 e. The van der Waals surface area contributed by atoms with Crippen LogP contribution < -0.4 is 0 Å². The number of aliphatic hydroxyl groups is 2. The number of aliphatic hydroxyl groups excluding tert-OH is 1.